The molecule has 2 fully saturated rings. The van der Waals surface area contributed by atoms with Crippen molar-refractivity contribution in [1.29, 1.82) is 5.41 Å². The van der Waals surface area contributed by atoms with E-state index in [0.29, 0.717) is 44.6 Å². The Hall–Kier alpha value is -2.36. The topological polar surface area (TPSA) is 112 Å². The first-order valence-corrected chi connectivity index (χ1v) is 12.9. The molecule has 202 valence electrons. The summed E-state index contributed by atoms with van der Waals surface area (Å²) in [5, 5.41) is 7.58. The molecule has 2 heterocycles. The number of hydrogen-bond donors (Lipinski definition) is 2. The van der Waals surface area contributed by atoms with Crippen LogP contribution in [-0.2, 0) is 19.1 Å². The Kier molecular flexibility index (Phi) is 12.5. The number of anilines is 1. The van der Waals surface area contributed by atoms with Crippen LogP contribution >= 0.6 is 12.4 Å². The molecule has 2 unspecified atom stereocenters. The van der Waals surface area contributed by atoms with Crippen molar-refractivity contribution in [2.75, 3.05) is 63.9 Å². The van der Waals surface area contributed by atoms with Crippen LogP contribution in [0.15, 0.2) is 24.3 Å². The number of carbonyl (C=O) groups excluding carboxylic acids is 2. The average molecular weight is 524 g/mol. The van der Waals surface area contributed by atoms with Gasteiger partial charge in [-0.1, -0.05) is 0 Å². The van der Waals surface area contributed by atoms with Crippen LogP contribution in [0.25, 0.3) is 0 Å². The normalized spacial score (nSPS) is 20.9. The summed E-state index contributed by atoms with van der Waals surface area (Å²) in [7, 11) is 0. The Morgan fingerprint density at radius 1 is 0.972 bits per heavy atom. The van der Waals surface area contributed by atoms with Gasteiger partial charge in [-0.2, -0.15) is 0 Å². The van der Waals surface area contributed by atoms with E-state index in [1.807, 2.05) is 38.1 Å². The smallest absolute Gasteiger partial charge is 0.307 e. The molecular weight excluding hydrogens is 482 g/mol. The Labute approximate surface area is 221 Å². The summed E-state index contributed by atoms with van der Waals surface area (Å²) in [5.41, 5.74) is 7.48. The third-order valence-electron chi connectivity index (χ3n) is 7.07. The third-order valence-corrected chi connectivity index (χ3v) is 7.07. The maximum Gasteiger partial charge on any atom is 0.307 e. The van der Waals surface area contributed by atoms with E-state index < -0.39 is 0 Å². The minimum atomic E-state index is -0.148. The number of nitrogen functional groups attached to an aromatic ring is 1. The van der Waals surface area contributed by atoms with Gasteiger partial charge in [0.25, 0.3) is 0 Å². The van der Waals surface area contributed by atoms with Crippen molar-refractivity contribution in [2.24, 2.45) is 11.7 Å². The molecule has 0 radical (unpaired) electrons. The second kappa shape index (κ2) is 15.0. The van der Waals surface area contributed by atoms with Gasteiger partial charge in [0, 0.05) is 63.0 Å². The number of esters is 2. The molecule has 3 N–H and O–H groups in total. The third kappa shape index (κ3) is 8.64. The van der Waals surface area contributed by atoms with E-state index in [1.165, 1.54) is 0 Å². The van der Waals surface area contributed by atoms with Crippen molar-refractivity contribution in [3.8, 4) is 0 Å². The highest BCUT2D eigenvalue weighted by Crippen LogP contribution is 2.28. The molecule has 2 aliphatic rings. The number of amidine groups is 1. The van der Waals surface area contributed by atoms with Gasteiger partial charge < -0.3 is 25.0 Å². The number of piperazine rings is 1. The monoisotopic (exact) mass is 523 g/mol. The number of piperidine rings is 1. The second-order valence-corrected chi connectivity index (χ2v) is 9.30. The van der Waals surface area contributed by atoms with Crippen molar-refractivity contribution < 1.29 is 19.1 Å². The predicted molar refractivity (Wildman–Crippen MR) is 144 cm³/mol. The lowest BCUT2D eigenvalue weighted by Crippen LogP contribution is -2.57. The molecule has 2 saturated heterocycles. The number of hydrogen-bond acceptors (Lipinski definition) is 8. The van der Waals surface area contributed by atoms with Crippen molar-refractivity contribution >= 4 is 35.9 Å². The fourth-order valence-electron chi connectivity index (χ4n) is 5.25. The van der Waals surface area contributed by atoms with Gasteiger partial charge in [0.2, 0.25) is 0 Å². The molecule has 0 bridgehead atoms. The van der Waals surface area contributed by atoms with Gasteiger partial charge in [-0.05, 0) is 63.4 Å². The highest BCUT2D eigenvalue weighted by Gasteiger charge is 2.35. The van der Waals surface area contributed by atoms with Gasteiger partial charge in [-0.25, -0.2) is 0 Å². The van der Waals surface area contributed by atoms with Gasteiger partial charge in [0.1, 0.15) is 5.84 Å². The molecule has 36 heavy (non-hydrogen) atoms. The van der Waals surface area contributed by atoms with Crippen LogP contribution in [0.1, 0.15) is 45.1 Å². The van der Waals surface area contributed by atoms with Crippen LogP contribution in [0.3, 0.4) is 0 Å². The SMILES string of the molecule is CCOC(=O)CCC1CN(CCC(=O)OCC)CCC1N1CCN(c2ccc(C(=N)N)cc2)CC1.Cl. The minimum Gasteiger partial charge on any atom is -0.466 e. The van der Waals surface area contributed by atoms with Gasteiger partial charge in [-0.3, -0.25) is 19.9 Å². The zero-order valence-electron chi connectivity index (χ0n) is 21.6. The number of nitrogens with zero attached hydrogens (tertiary/aromatic N) is 3. The van der Waals surface area contributed by atoms with E-state index >= 15 is 0 Å². The van der Waals surface area contributed by atoms with Crippen LogP contribution in [0, 0.1) is 11.3 Å². The largest absolute Gasteiger partial charge is 0.466 e. The minimum absolute atomic E-state index is 0. The highest BCUT2D eigenvalue weighted by molar-refractivity contribution is 5.95. The zero-order chi connectivity index (χ0) is 25.2. The van der Waals surface area contributed by atoms with Crippen molar-refractivity contribution in [3.63, 3.8) is 0 Å². The summed E-state index contributed by atoms with van der Waals surface area (Å²) in [6.45, 7) is 10.8. The van der Waals surface area contributed by atoms with E-state index in [-0.39, 0.29) is 30.2 Å². The zero-order valence-corrected chi connectivity index (χ0v) is 22.4. The number of carbonyl (C=O) groups is 2. The molecule has 2 atom stereocenters. The summed E-state index contributed by atoms with van der Waals surface area (Å²) >= 11 is 0. The summed E-state index contributed by atoms with van der Waals surface area (Å²) in [6.07, 6.45) is 2.67. The average Bonchev–Trinajstić information content (AvgIpc) is 2.87. The first kappa shape index (κ1) is 29.9. The van der Waals surface area contributed by atoms with Crippen LogP contribution < -0.4 is 10.6 Å². The van der Waals surface area contributed by atoms with Gasteiger partial charge in [0.05, 0.1) is 19.6 Å². The van der Waals surface area contributed by atoms with Gasteiger partial charge in [-0.15, -0.1) is 12.4 Å². The lowest BCUT2D eigenvalue weighted by Gasteiger charge is -2.47. The number of nitrogens with one attached hydrogen (secondary N) is 1. The summed E-state index contributed by atoms with van der Waals surface area (Å²) in [5.74, 6) is 0.166. The molecule has 10 heteroatoms. The Morgan fingerprint density at radius 2 is 1.58 bits per heavy atom. The molecule has 0 amide bonds. The molecule has 2 aliphatic heterocycles. The van der Waals surface area contributed by atoms with Crippen molar-refractivity contribution in [3.05, 3.63) is 29.8 Å². The van der Waals surface area contributed by atoms with E-state index in [9.17, 15) is 9.59 Å². The van der Waals surface area contributed by atoms with E-state index in [1.54, 1.807) is 0 Å². The number of halogens is 1. The maximum atomic E-state index is 12.1. The molecule has 1 aromatic carbocycles. The Bertz CT molecular complexity index is 845. The molecule has 9 nitrogen and oxygen atoms in total. The molecule has 0 aliphatic carbocycles. The lowest BCUT2D eigenvalue weighted by molar-refractivity contribution is -0.144. The molecule has 1 aromatic rings. The number of benzene rings is 1. The van der Waals surface area contributed by atoms with Crippen LogP contribution in [0.5, 0.6) is 0 Å². The molecular formula is C26H42ClN5O4. The number of nitrogens with two attached hydrogens (primary N) is 1. The summed E-state index contributed by atoms with van der Waals surface area (Å²) in [4.78, 5) is 31.2. The van der Waals surface area contributed by atoms with Crippen molar-refractivity contribution in [1.82, 2.24) is 9.80 Å². The Morgan fingerprint density at radius 3 is 2.17 bits per heavy atom. The fourth-order valence-corrected chi connectivity index (χ4v) is 5.25. The molecule has 0 aromatic heterocycles. The van der Waals surface area contributed by atoms with E-state index in [2.05, 4.69) is 14.7 Å². The fraction of sp³-hybridized carbons (Fsp3) is 0.654. The van der Waals surface area contributed by atoms with Crippen molar-refractivity contribution in [2.45, 2.75) is 45.6 Å². The maximum absolute atomic E-state index is 12.1. The lowest BCUT2D eigenvalue weighted by atomic mass is 9.86. The summed E-state index contributed by atoms with van der Waals surface area (Å²) in [6, 6.07) is 8.31. The number of ether oxygens (including phenoxy) is 2. The first-order valence-electron chi connectivity index (χ1n) is 12.9. The predicted octanol–water partition coefficient (Wildman–Crippen LogP) is 2.50. The standard InChI is InChI=1S/C26H41N5O4.ClH/c1-3-34-24(32)10-7-21-19-29(14-12-25(33)35-4-2)13-11-23(21)31-17-15-30(16-18-31)22-8-5-20(6-9-22)26(27)28;/h5-6,8-9,21,23H,3-4,7,10-19H2,1-2H3,(H3,27,28);1H. The van der Waals surface area contributed by atoms with E-state index in [4.69, 9.17) is 20.6 Å². The second-order valence-electron chi connectivity index (χ2n) is 9.30. The van der Waals surface area contributed by atoms with Gasteiger partial charge in [0.15, 0.2) is 0 Å². The first-order chi connectivity index (χ1) is 16.9. The highest BCUT2D eigenvalue weighted by atomic mass is 35.5. The van der Waals surface area contributed by atoms with Gasteiger partial charge >= 0.3 is 11.9 Å². The van der Waals surface area contributed by atoms with Crippen LogP contribution in [-0.4, -0.2) is 92.6 Å². The Balaban J connectivity index is 0.00000456. The van der Waals surface area contributed by atoms with Crippen LogP contribution in [0.4, 0.5) is 5.69 Å². The molecule has 0 saturated carbocycles. The molecule has 3 rings (SSSR count). The summed E-state index contributed by atoms with van der Waals surface area (Å²) < 4.78 is 10.3. The van der Waals surface area contributed by atoms with Crippen LogP contribution in [0.2, 0.25) is 0 Å². The quantitative estimate of drug-likeness (QED) is 0.258. The number of likely N-dealkylation sites (tertiary alicyclic amines) is 1. The number of rotatable bonds is 11. The molecule has 0 spiro atoms. The van der Waals surface area contributed by atoms with E-state index in [0.717, 1.165) is 63.4 Å².